The van der Waals surface area contributed by atoms with Crippen LogP contribution in [0.3, 0.4) is 0 Å². The smallest absolute Gasteiger partial charge is 0.137 e. The molecule has 0 unspecified atom stereocenters. The molecule has 2 rings (SSSR count). The lowest BCUT2D eigenvalue weighted by molar-refractivity contribution is 0.305. The van der Waals surface area contributed by atoms with Crippen LogP contribution in [0, 0.1) is 0 Å². The summed E-state index contributed by atoms with van der Waals surface area (Å²) in [6.07, 6.45) is 2.07. The minimum absolute atomic E-state index is 0.730. The highest BCUT2D eigenvalue weighted by Gasteiger charge is 2.07. The Bertz CT molecular complexity index is 528. The van der Waals surface area contributed by atoms with Crippen molar-refractivity contribution in [1.82, 2.24) is 5.32 Å². The first kappa shape index (κ1) is 15.1. The Kier molecular flexibility index (Phi) is 6.09. The van der Waals surface area contributed by atoms with Crippen LogP contribution in [0.15, 0.2) is 53.0 Å². The first-order valence-electron chi connectivity index (χ1n) is 6.90. The van der Waals surface area contributed by atoms with E-state index in [9.17, 15) is 0 Å². The van der Waals surface area contributed by atoms with Gasteiger partial charge in [0.05, 0.1) is 11.1 Å². The van der Waals surface area contributed by atoms with Crippen molar-refractivity contribution in [3.8, 4) is 5.75 Å². The van der Waals surface area contributed by atoms with Gasteiger partial charge in [0.1, 0.15) is 5.75 Å². The van der Waals surface area contributed by atoms with Crippen molar-refractivity contribution >= 4 is 15.9 Å². The maximum absolute atomic E-state index is 5.96. The first-order chi connectivity index (χ1) is 9.81. The van der Waals surface area contributed by atoms with Crippen molar-refractivity contribution in [3.63, 3.8) is 0 Å². The van der Waals surface area contributed by atoms with Crippen LogP contribution in [0.5, 0.6) is 5.75 Å². The molecule has 106 valence electrons. The van der Waals surface area contributed by atoms with Crippen LogP contribution in [0.4, 0.5) is 0 Å². The van der Waals surface area contributed by atoms with E-state index in [1.807, 2.05) is 25.2 Å². The summed E-state index contributed by atoms with van der Waals surface area (Å²) in [5.41, 5.74) is 2.54. The SMILES string of the molecule is CNCc1cccc(Br)c1OCCCc1ccccc1. The third-order valence-electron chi connectivity index (χ3n) is 3.11. The summed E-state index contributed by atoms with van der Waals surface area (Å²) in [6.45, 7) is 1.54. The molecule has 0 aliphatic rings. The number of nitrogens with one attached hydrogen (secondary N) is 1. The average molecular weight is 334 g/mol. The molecular formula is C17H20BrNO. The summed E-state index contributed by atoms with van der Waals surface area (Å²) in [4.78, 5) is 0. The van der Waals surface area contributed by atoms with Gasteiger partial charge in [-0.2, -0.15) is 0 Å². The highest BCUT2D eigenvalue weighted by molar-refractivity contribution is 9.10. The van der Waals surface area contributed by atoms with Crippen molar-refractivity contribution in [2.45, 2.75) is 19.4 Å². The molecule has 2 aromatic rings. The van der Waals surface area contributed by atoms with Gasteiger partial charge in [-0.15, -0.1) is 0 Å². The van der Waals surface area contributed by atoms with E-state index in [1.165, 1.54) is 11.1 Å². The van der Waals surface area contributed by atoms with Gasteiger partial charge in [-0.05, 0) is 47.4 Å². The number of para-hydroxylation sites is 1. The lowest BCUT2D eigenvalue weighted by atomic mass is 10.1. The molecule has 0 radical (unpaired) electrons. The van der Waals surface area contributed by atoms with E-state index in [2.05, 4.69) is 51.6 Å². The minimum atomic E-state index is 0.730. The van der Waals surface area contributed by atoms with Gasteiger partial charge in [0, 0.05) is 12.1 Å². The number of hydrogen-bond acceptors (Lipinski definition) is 2. The Labute approximate surface area is 129 Å². The lowest BCUT2D eigenvalue weighted by Gasteiger charge is -2.13. The Hall–Kier alpha value is -1.32. The number of aryl methyl sites for hydroxylation is 1. The molecule has 0 saturated carbocycles. The molecule has 2 nitrogen and oxygen atoms in total. The predicted octanol–water partition coefficient (Wildman–Crippen LogP) is 4.18. The molecular weight excluding hydrogens is 314 g/mol. The molecule has 3 heteroatoms. The quantitative estimate of drug-likeness (QED) is 0.767. The van der Waals surface area contributed by atoms with Crippen LogP contribution in [0.2, 0.25) is 0 Å². The summed E-state index contributed by atoms with van der Waals surface area (Å²) in [6, 6.07) is 16.7. The van der Waals surface area contributed by atoms with E-state index in [4.69, 9.17) is 4.74 Å². The summed E-state index contributed by atoms with van der Waals surface area (Å²) < 4.78 is 6.97. The fourth-order valence-electron chi connectivity index (χ4n) is 2.14. The van der Waals surface area contributed by atoms with E-state index in [0.717, 1.165) is 36.2 Å². The van der Waals surface area contributed by atoms with E-state index in [-0.39, 0.29) is 0 Å². The van der Waals surface area contributed by atoms with Gasteiger partial charge in [0.25, 0.3) is 0 Å². The van der Waals surface area contributed by atoms with E-state index in [0.29, 0.717) is 0 Å². The number of ether oxygens (including phenoxy) is 1. The monoisotopic (exact) mass is 333 g/mol. The largest absolute Gasteiger partial charge is 0.492 e. The molecule has 0 bridgehead atoms. The van der Waals surface area contributed by atoms with Crippen molar-refractivity contribution in [3.05, 3.63) is 64.1 Å². The predicted molar refractivity (Wildman–Crippen MR) is 87.2 cm³/mol. The van der Waals surface area contributed by atoms with E-state index in [1.54, 1.807) is 0 Å². The highest BCUT2D eigenvalue weighted by Crippen LogP contribution is 2.29. The number of rotatable bonds is 7. The second-order valence-electron chi connectivity index (χ2n) is 4.70. The number of benzene rings is 2. The van der Waals surface area contributed by atoms with Crippen LogP contribution in [0.1, 0.15) is 17.5 Å². The van der Waals surface area contributed by atoms with Gasteiger partial charge >= 0.3 is 0 Å². The molecule has 0 saturated heterocycles. The first-order valence-corrected chi connectivity index (χ1v) is 7.69. The van der Waals surface area contributed by atoms with Crippen molar-refractivity contribution in [2.24, 2.45) is 0 Å². The second kappa shape index (κ2) is 8.08. The van der Waals surface area contributed by atoms with E-state index >= 15 is 0 Å². The van der Waals surface area contributed by atoms with Gasteiger partial charge < -0.3 is 10.1 Å². The molecule has 0 fully saturated rings. The van der Waals surface area contributed by atoms with Crippen LogP contribution in [-0.2, 0) is 13.0 Å². The van der Waals surface area contributed by atoms with Crippen LogP contribution >= 0.6 is 15.9 Å². The van der Waals surface area contributed by atoms with Gasteiger partial charge in [-0.25, -0.2) is 0 Å². The topological polar surface area (TPSA) is 21.3 Å². The Morgan fingerprint density at radius 1 is 1.05 bits per heavy atom. The highest BCUT2D eigenvalue weighted by atomic mass is 79.9. The van der Waals surface area contributed by atoms with Crippen molar-refractivity contribution in [2.75, 3.05) is 13.7 Å². The standard InChI is InChI=1S/C17H20BrNO/c1-19-13-15-10-5-11-16(18)17(15)20-12-6-9-14-7-3-2-4-8-14/h2-5,7-8,10-11,19H,6,9,12-13H2,1H3. The number of halogens is 1. The second-order valence-corrected chi connectivity index (χ2v) is 5.55. The zero-order valence-corrected chi connectivity index (χ0v) is 13.3. The van der Waals surface area contributed by atoms with Crippen molar-refractivity contribution < 1.29 is 4.74 Å². The zero-order chi connectivity index (χ0) is 14.2. The fraction of sp³-hybridized carbons (Fsp3) is 0.294. The Morgan fingerprint density at radius 2 is 1.85 bits per heavy atom. The minimum Gasteiger partial charge on any atom is -0.492 e. The van der Waals surface area contributed by atoms with Gasteiger partial charge in [-0.1, -0.05) is 42.5 Å². The third kappa shape index (κ3) is 4.36. The summed E-state index contributed by atoms with van der Waals surface area (Å²) in [7, 11) is 1.94. The maximum Gasteiger partial charge on any atom is 0.137 e. The Balaban J connectivity index is 1.87. The molecule has 0 heterocycles. The van der Waals surface area contributed by atoms with E-state index < -0.39 is 0 Å². The van der Waals surface area contributed by atoms with Crippen LogP contribution in [0.25, 0.3) is 0 Å². The van der Waals surface area contributed by atoms with Crippen molar-refractivity contribution in [1.29, 1.82) is 0 Å². The average Bonchev–Trinajstić information content (AvgIpc) is 2.47. The molecule has 20 heavy (non-hydrogen) atoms. The maximum atomic E-state index is 5.96. The van der Waals surface area contributed by atoms with Gasteiger partial charge in [0.2, 0.25) is 0 Å². The summed E-state index contributed by atoms with van der Waals surface area (Å²) >= 11 is 3.56. The lowest BCUT2D eigenvalue weighted by Crippen LogP contribution is -2.08. The molecule has 0 spiro atoms. The molecule has 0 atom stereocenters. The molecule has 0 aliphatic carbocycles. The summed E-state index contributed by atoms with van der Waals surface area (Å²) in [5, 5.41) is 3.17. The molecule has 2 aromatic carbocycles. The Morgan fingerprint density at radius 3 is 2.60 bits per heavy atom. The normalized spacial score (nSPS) is 10.5. The molecule has 0 amide bonds. The zero-order valence-electron chi connectivity index (χ0n) is 11.7. The molecule has 0 aliphatic heterocycles. The molecule has 0 aromatic heterocycles. The number of hydrogen-bond donors (Lipinski definition) is 1. The third-order valence-corrected chi connectivity index (χ3v) is 3.74. The van der Waals surface area contributed by atoms with Gasteiger partial charge in [-0.3, -0.25) is 0 Å². The summed E-state index contributed by atoms with van der Waals surface area (Å²) in [5.74, 6) is 0.954. The van der Waals surface area contributed by atoms with Crippen LogP contribution < -0.4 is 10.1 Å². The van der Waals surface area contributed by atoms with Crippen LogP contribution in [-0.4, -0.2) is 13.7 Å². The fourth-order valence-corrected chi connectivity index (χ4v) is 2.66. The van der Waals surface area contributed by atoms with Gasteiger partial charge in [0.15, 0.2) is 0 Å². The molecule has 1 N–H and O–H groups in total.